The summed E-state index contributed by atoms with van der Waals surface area (Å²) in [5, 5.41) is 13.3. The van der Waals surface area contributed by atoms with E-state index in [0.717, 1.165) is 0 Å². The van der Waals surface area contributed by atoms with Gasteiger partial charge in [-0.3, -0.25) is 14.9 Å². The summed E-state index contributed by atoms with van der Waals surface area (Å²) in [5.74, 6) is 5.24. The fourth-order valence-electron chi connectivity index (χ4n) is 1.50. The van der Waals surface area contributed by atoms with Crippen LogP contribution in [0.1, 0.15) is 30.8 Å². The Hall–Kier alpha value is -2.29. The largest absolute Gasteiger partial charge is 0.350 e. The number of aryl methyl sites for hydroxylation is 1. The molecule has 0 saturated carbocycles. The number of nitrogens with one attached hydrogen (secondary N) is 1. The highest BCUT2D eigenvalue weighted by Gasteiger charge is 2.17. The predicted molar refractivity (Wildman–Crippen MR) is 67.2 cm³/mol. The Bertz CT molecular complexity index is 508. The SMILES string of the molecule is CC#CCCNC(=O)c1cc([N+](=O)[O-])cn1CC. The maximum absolute atomic E-state index is 11.8. The molecule has 0 fully saturated rings. The highest BCUT2D eigenvalue weighted by Crippen LogP contribution is 2.16. The minimum absolute atomic E-state index is 0.0738. The first-order chi connectivity index (χ1) is 8.60. The number of nitrogens with zero attached hydrogens (tertiary/aromatic N) is 2. The summed E-state index contributed by atoms with van der Waals surface area (Å²) in [7, 11) is 0. The summed E-state index contributed by atoms with van der Waals surface area (Å²) in [6.45, 7) is 4.49. The Balaban J connectivity index is 2.76. The second-order valence-corrected chi connectivity index (χ2v) is 3.56. The van der Waals surface area contributed by atoms with Gasteiger partial charge in [-0.2, -0.15) is 0 Å². The van der Waals surface area contributed by atoms with Crippen molar-refractivity contribution in [3.05, 3.63) is 28.1 Å². The van der Waals surface area contributed by atoms with E-state index in [0.29, 0.717) is 25.2 Å². The highest BCUT2D eigenvalue weighted by molar-refractivity contribution is 5.93. The maximum Gasteiger partial charge on any atom is 0.287 e. The molecule has 1 amide bonds. The Labute approximate surface area is 105 Å². The first-order valence-electron chi connectivity index (χ1n) is 5.62. The smallest absolute Gasteiger partial charge is 0.287 e. The molecule has 1 heterocycles. The van der Waals surface area contributed by atoms with Gasteiger partial charge in [0.15, 0.2) is 0 Å². The maximum atomic E-state index is 11.8. The van der Waals surface area contributed by atoms with Crippen molar-refractivity contribution in [2.45, 2.75) is 26.8 Å². The first kappa shape index (κ1) is 13.8. The zero-order valence-electron chi connectivity index (χ0n) is 10.4. The molecule has 1 aromatic rings. The van der Waals surface area contributed by atoms with E-state index in [1.807, 2.05) is 6.92 Å². The first-order valence-corrected chi connectivity index (χ1v) is 5.62. The van der Waals surface area contributed by atoms with Crippen molar-refractivity contribution in [3.63, 3.8) is 0 Å². The lowest BCUT2D eigenvalue weighted by Gasteiger charge is -2.05. The summed E-state index contributed by atoms with van der Waals surface area (Å²) in [6, 6.07) is 1.28. The lowest BCUT2D eigenvalue weighted by Crippen LogP contribution is -2.26. The van der Waals surface area contributed by atoms with Crippen molar-refractivity contribution < 1.29 is 9.72 Å². The number of amides is 1. The predicted octanol–water partition coefficient (Wildman–Crippen LogP) is 1.56. The summed E-state index contributed by atoms with van der Waals surface area (Å²) < 4.78 is 1.55. The van der Waals surface area contributed by atoms with Gasteiger partial charge in [-0.25, -0.2) is 0 Å². The van der Waals surface area contributed by atoms with Crippen LogP contribution in [0, 0.1) is 22.0 Å². The van der Waals surface area contributed by atoms with Gasteiger partial charge in [-0.05, 0) is 13.8 Å². The molecule has 0 spiro atoms. The molecule has 0 aliphatic heterocycles. The number of aromatic nitrogens is 1. The number of hydrogen-bond acceptors (Lipinski definition) is 3. The number of carbonyl (C=O) groups is 1. The molecule has 0 saturated heterocycles. The summed E-state index contributed by atoms with van der Waals surface area (Å²) in [6.07, 6.45) is 1.93. The number of carbonyl (C=O) groups excluding carboxylic acids is 1. The average Bonchev–Trinajstić information content (AvgIpc) is 2.78. The van der Waals surface area contributed by atoms with E-state index in [2.05, 4.69) is 17.2 Å². The summed E-state index contributed by atoms with van der Waals surface area (Å²) in [5.41, 5.74) is 0.226. The van der Waals surface area contributed by atoms with E-state index >= 15 is 0 Å². The Morgan fingerprint density at radius 1 is 1.61 bits per heavy atom. The third-order valence-corrected chi connectivity index (χ3v) is 2.38. The Kier molecular flexibility index (Phi) is 4.93. The monoisotopic (exact) mass is 249 g/mol. The van der Waals surface area contributed by atoms with Gasteiger partial charge in [-0.1, -0.05) is 0 Å². The van der Waals surface area contributed by atoms with Crippen molar-refractivity contribution in [1.29, 1.82) is 0 Å². The molecule has 1 N–H and O–H groups in total. The number of nitro groups is 1. The zero-order chi connectivity index (χ0) is 13.5. The molecule has 1 rings (SSSR count). The molecule has 0 aliphatic carbocycles. The van der Waals surface area contributed by atoms with Gasteiger partial charge in [0.05, 0.1) is 11.1 Å². The van der Waals surface area contributed by atoms with Gasteiger partial charge in [-0.15, -0.1) is 11.8 Å². The van der Waals surface area contributed by atoms with Crippen LogP contribution in [-0.2, 0) is 6.54 Å². The van der Waals surface area contributed by atoms with Gasteiger partial charge in [0.2, 0.25) is 0 Å². The minimum atomic E-state index is -0.508. The van der Waals surface area contributed by atoms with Crippen molar-refractivity contribution in [1.82, 2.24) is 9.88 Å². The van der Waals surface area contributed by atoms with Gasteiger partial charge in [0.1, 0.15) is 5.69 Å². The van der Waals surface area contributed by atoms with E-state index in [4.69, 9.17) is 0 Å². The third-order valence-electron chi connectivity index (χ3n) is 2.38. The van der Waals surface area contributed by atoms with Crippen LogP contribution in [0.4, 0.5) is 5.69 Å². The van der Waals surface area contributed by atoms with Crippen molar-refractivity contribution in [2.75, 3.05) is 6.54 Å². The second-order valence-electron chi connectivity index (χ2n) is 3.56. The molecular weight excluding hydrogens is 234 g/mol. The van der Waals surface area contributed by atoms with Crippen LogP contribution in [0.3, 0.4) is 0 Å². The van der Waals surface area contributed by atoms with Crippen LogP contribution in [0.5, 0.6) is 0 Å². The Morgan fingerprint density at radius 3 is 2.89 bits per heavy atom. The molecule has 18 heavy (non-hydrogen) atoms. The second kappa shape index (κ2) is 6.45. The molecule has 0 atom stereocenters. The zero-order valence-corrected chi connectivity index (χ0v) is 10.4. The van der Waals surface area contributed by atoms with Crippen LogP contribution in [0.25, 0.3) is 0 Å². The number of hydrogen-bond donors (Lipinski definition) is 1. The standard InChI is InChI=1S/C12H15N3O3/c1-3-5-6-7-13-12(16)11-8-10(15(17)18)9-14(11)4-2/h8-9H,4,6-7H2,1-2H3,(H,13,16). The fourth-order valence-corrected chi connectivity index (χ4v) is 1.50. The van der Waals surface area contributed by atoms with Crippen LogP contribution in [0.15, 0.2) is 12.3 Å². The van der Waals surface area contributed by atoms with Crippen LogP contribution in [-0.4, -0.2) is 21.9 Å². The molecule has 6 nitrogen and oxygen atoms in total. The topological polar surface area (TPSA) is 77.2 Å². The van der Waals surface area contributed by atoms with E-state index < -0.39 is 4.92 Å². The lowest BCUT2D eigenvalue weighted by molar-refractivity contribution is -0.384. The summed E-state index contributed by atoms with van der Waals surface area (Å²) >= 11 is 0. The van der Waals surface area contributed by atoms with Gasteiger partial charge in [0.25, 0.3) is 11.6 Å². The van der Waals surface area contributed by atoms with Crippen LogP contribution in [0.2, 0.25) is 0 Å². The van der Waals surface area contributed by atoms with Gasteiger partial charge in [0, 0.05) is 25.6 Å². The molecule has 0 unspecified atom stereocenters. The van der Waals surface area contributed by atoms with Gasteiger partial charge < -0.3 is 9.88 Å². The number of rotatable bonds is 5. The van der Waals surface area contributed by atoms with E-state index in [1.165, 1.54) is 12.3 Å². The lowest BCUT2D eigenvalue weighted by atomic mass is 10.3. The van der Waals surface area contributed by atoms with E-state index in [-0.39, 0.29) is 11.6 Å². The Morgan fingerprint density at radius 2 is 2.33 bits per heavy atom. The normalized spacial score (nSPS) is 9.44. The molecule has 0 aromatic carbocycles. The highest BCUT2D eigenvalue weighted by atomic mass is 16.6. The van der Waals surface area contributed by atoms with Crippen LogP contribution >= 0.6 is 0 Å². The molecule has 1 aromatic heterocycles. The van der Waals surface area contributed by atoms with Crippen molar-refractivity contribution >= 4 is 11.6 Å². The quantitative estimate of drug-likeness (QED) is 0.372. The third kappa shape index (κ3) is 3.35. The van der Waals surface area contributed by atoms with E-state index in [1.54, 1.807) is 11.5 Å². The van der Waals surface area contributed by atoms with E-state index in [9.17, 15) is 14.9 Å². The van der Waals surface area contributed by atoms with Crippen molar-refractivity contribution in [2.24, 2.45) is 0 Å². The molecular formula is C12H15N3O3. The molecule has 6 heteroatoms. The minimum Gasteiger partial charge on any atom is -0.350 e. The molecule has 96 valence electrons. The molecule has 0 bridgehead atoms. The van der Waals surface area contributed by atoms with Gasteiger partial charge >= 0.3 is 0 Å². The molecule has 0 aliphatic rings. The summed E-state index contributed by atoms with van der Waals surface area (Å²) in [4.78, 5) is 22.0. The van der Waals surface area contributed by atoms with Crippen molar-refractivity contribution in [3.8, 4) is 11.8 Å². The average molecular weight is 249 g/mol. The fraction of sp³-hybridized carbons (Fsp3) is 0.417. The van der Waals surface area contributed by atoms with Crippen LogP contribution < -0.4 is 5.32 Å². The molecule has 0 radical (unpaired) electrons.